The highest BCUT2D eigenvalue weighted by atomic mass is 79.9. The summed E-state index contributed by atoms with van der Waals surface area (Å²) < 4.78 is 34.1. The minimum atomic E-state index is -3.59. The normalized spacial score (nSPS) is 22.7. The Morgan fingerprint density at radius 3 is 2.76 bits per heavy atom. The Kier molecular flexibility index (Phi) is 5.10. The van der Waals surface area contributed by atoms with Gasteiger partial charge in [-0.25, -0.2) is 13.1 Å². The van der Waals surface area contributed by atoms with Crippen LogP contribution in [0.3, 0.4) is 0 Å². The molecule has 1 heterocycles. The highest BCUT2D eigenvalue weighted by Crippen LogP contribution is 2.27. The molecule has 1 aliphatic rings. The Balaban J connectivity index is 2.25. The minimum Gasteiger partial charge on any atom is -0.374 e. The Labute approximate surface area is 134 Å². The summed E-state index contributed by atoms with van der Waals surface area (Å²) >= 11 is 3.39. The molecule has 1 aromatic rings. The van der Waals surface area contributed by atoms with Crippen LogP contribution in [-0.2, 0) is 21.3 Å². The van der Waals surface area contributed by atoms with Crippen molar-refractivity contribution < 1.29 is 13.2 Å². The van der Waals surface area contributed by atoms with E-state index < -0.39 is 15.6 Å². The molecule has 2 rings (SSSR count). The van der Waals surface area contributed by atoms with Crippen molar-refractivity contribution in [1.29, 1.82) is 0 Å². The molecule has 1 saturated heterocycles. The lowest BCUT2D eigenvalue weighted by Crippen LogP contribution is -2.40. The number of ether oxygens (including phenoxy) is 1. The smallest absolute Gasteiger partial charge is 0.240 e. The lowest BCUT2D eigenvalue weighted by molar-refractivity contribution is 0.0250. The predicted molar refractivity (Wildman–Crippen MR) is 85.5 cm³/mol. The predicted octanol–water partition coefficient (Wildman–Crippen LogP) is 2.06. The monoisotopic (exact) mass is 376 g/mol. The Morgan fingerprint density at radius 2 is 2.19 bits per heavy atom. The molecule has 118 valence electrons. The van der Waals surface area contributed by atoms with Gasteiger partial charge in [-0.2, -0.15) is 0 Å². The summed E-state index contributed by atoms with van der Waals surface area (Å²) in [5, 5.41) is 0. The molecular formula is C14H21BrN2O3S. The van der Waals surface area contributed by atoms with Crippen LogP contribution in [-0.4, -0.2) is 27.2 Å². The van der Waals surface area contributed by atoms with Gasteiger partial charge < -0.3 is 10.5 Å². The fourth-order valence-electron chi connectivity index (χ4n) is 2.41. The summed E-state index contributed by atoms with van der Waals surface area (Å²) in [6.45, 7) is 4.96. The van der Waals surface area contributed by atoms with Gasteiger partial charge in [-0.3, -0.25) is 0 Å². The number of nitrogens with two attached hydrogens (primary N) is 1. The van der Waals surface area contributed by atoms with Crippen LogP contribution in [0.1, 0.15) is 30.9 Å². The van der Waals surface area contributed by atoms with E-state index in [2.05, 4.69) is 20.7 Å². The molecule has 3 N–H and O–H groups in total. The topological polar surface area (TPSA) is 81.4 Å². The van der Waals surface area contributed by atoms with Crippen LogP contribution in [0.5, 0.6) is 0 Å². The zero-order valence-electron chi connectivity index (χ0n) is 12.3. The van der Waals surface area contributed by atoms with Crippen LogP contribution in [0.25, 0.3) is 0 Å². The van der Waals surface area contributed by atoms with Gasteiger partial charge in [0, 0.05) is 24.2 Å². The molecular weight excluding hydrogens is 356 g/mol. The summed E-state index contributed by atoms with van der Waals surface area (Å²) in [4.78, 5) is 0.263. The second-order valence-corrected chi connectivity index (χ2v) is 8.22. The minimum absolute atomic E-state index is 0.263. The van der Waals surface area contributed by atoms with E-state index in [1.54, 1.807) is 13.0 Å². The summed E-state index contributed by atoms with van der Waals surface area (Å²) in [6, 6.07) is 3.47. The van der Waals surface area contributed by atoms with Crippen molar-refractivity contribution in [3.63, 3.8) is 0 Å². The quantitative estimate of drug-likeness (QED) is 0.823. The fourth-order valence-corrected chi connectivity index (χ4v) is 4.51. The van der Waals surface area contributed by atoms with E-state index in [4.69, 9.17) is 10.5 Å². The summed E-state index contributed by atoms with van der Waals surface area (Å²) in [7, 11) is -3.59. The number of nitrogens with one attached hydrogen (secondary N) is 1. The first kappa shape index (κ1) is 16.9. The van der Waals surface area contributed by atoms with E-state index in [-0.39, 0.29) is 11.4 Å². The van der Waals surface area contributed by atoms with Crippen LogP contribution in [0.15, 0.2) is 21.5 Å². The van der Waals surface area contributed by atoms with E-state index in [1.807, 2.05) is 13.0 Å². The number of rotatable bonds is 5. The second kappa shape index (κ2) is 6.34. The second-order valence-electron chi connectivity index (χ2n) is 5.63. The molecule has 5 nitrogen and oxygen atoms in total. The van der Waals surface area contributed by atoms with Gasteiger partial charge in [-0.05, 0) is 49.9 Å². The number of sulfonamides is 1. The highest BCUT2D eigenvalue weighted by Gasteiger charge is 2.32. The number of benzene rings is 1. The van der Waals surface area contributed by atoms with Crippen LogP contribution < -0.4 is 10.5 Å². The van der Waals surface area contributed by atoms with Crippen molar-refractivity contribution in [2.75, 3.05) is 13.2 Å². The largest absolute Gasteiger partial charge is 0.374 e. The van der Waals surface area contributed by atoms with Crippen LogP contribution in [0.2, 0.25) is 0 Å². The first-order valence-electron chi connectivity index (χ1n) is 6.90. The molecule has 1 unspecified atom stereocenters. The van der Waals surface area contributed by atoms with Crippen molar-refractivity contribution in [3.05, 3.63) is 27.7 Å². The van der Waals surface area contributed by atoms with Gasteiger partial charge in [-0.15, -0.1) is 0 Å². The number of hydrogen-bond donors (Lipinski definition) is 2. The standard InChI is InChI=1S/C14H21BrN2O3S/c1-10-12(15)6-11(8-16)7-13(10)21(18,19)17-9-14(2)4-3-5-20-14/h6-7,17H,3-5,8-9,16H2,1-2H3. The molecule has 0 radical (unpaired) electrons. The molecule has 1 aliphatic heterocycles. The third kappa shape index (κ3) is 3.84. The Bertz CT molecular complexity index is 625. The van der Waals surface area contributed by atoms with Crippen molar-refractivity contribution in [2.45, 2.75) is 43.7 Å². The molecule has 0 aliphatic carbocycles. The molecule has 0 saturated carbocycles. The van der Waals surface area contributed by atoms with Crippen LogP contribution >= 0.6 is 15.9 Å². The summed E-state index contributed by atoms with van der Waals surface area (Å²) in [6.07, 6.45) is 1.83. The molecule has 0 spiro atoms. The van der Waals surface area contributed by atoms with Crippen molar-refractivity contribution in [3.8, 4) is 0 Å². The lowest BCUT2D eigenvalue weighted by Gasteiger charge is -2.23. The van der Waals surface area contributed by atoms with E-state index in [1.165, 1.54) is 0 Å². The van der Waals surface area contributed by atoms with E-state index in [9.17, 15) is 8.42 Å². The molecule has 0 bridgehead atoms. The third-order valence-electron chi connectivity index (χ3n) is 3.82. The molecule has 1 fully saturated rings. The maximum atomic E-state index is 12.5. The summed E-state index contributed by atoms with van der Waals surface area (Å²) in [5.74, 6) is 0. The zero-order chi connectivity index (χ0) is 15.7. The SMILES string of the molecule is Cc1c(Br)cc(CN)cc1S(=O)(=O)NCC1(C)CCCO1. The number of halogens is 1. The van der Waals surface area contributed by atoms with Gasteiger partial charge in [0.15, 0.2) is 0 Å². The molecule has 7 heteroatoms. The first-order chi connectivity index (χ1) is 9.77. The van der Waals surface area contributed by atoms with Gasteiger partial charge >= 0.3 is 0 Å². The highest BCUT2D eigenvalue weighted by molar-refractivity contribution is 9.10. The summed E-state index contributed by atoms with van der Waals surface area (Å²) in [5.41, 5.74) is 6.66. The van der Waals surface area contributed by atoms with Gasteiger partial charge in [0.05, 0.1) is 10.5 Å². The lowest BCUT2D eigenvalue weighted by atomic mass is 10.0. The van der Waals surface area contributed by atoms with Gasteiger partial charge in [0.25, 0.3) is 0 Å². The maximum Gasteiger partial charge on any atom is 0.240 e. The van der Waals surface area contributed by atoms with Gasteiger partial charge in [-0.1, -0.05) is 15.9 Å². The first-order valence-corrected chi connectivity index (χ1v) is 9.18. The fraction of sp³-hybridized carbons (Fsp3) is 0.571. The van der Waals surface area contributed by atoms with E-state index in [0.717, 1.165) is 22.9 Å². The molecule has 0 amide bonds. The molecule has 21 heavy (non-hydrogen) atoms. The number of hydrogen-bond acceptors (Lipinski definition) is 4. The van der Waals surface area contributed by atoms with Crippen LogP contribution in [0.4, 0.5) is 0 Å². The average Bonchev–Trinajstić information content (AvgIpc) is 2.87. The van der Waals surface area contributed by atoms with E-state index >= 15 is 0 Å². The van der Waals surface area contributed by atoms with Gasteiger partial charge in [0.2, 0.25) is 10.0 Å². The van der Waals surface area contributed by atoms with Crippen molar-refractivity contribution in [2.24, 2.45) is 5.73 Å². The van der Waals surface area contributed by atoms with Gasteiger partial charge in [0.1, 0.15) is 0 Å². The van der Waals surface area contributed by atoms with Crippen LogP contribution in [0, 0.1) is 6.92 Å². The molecule has 1 aromatic carbocycles. The average molecular weight is 377 g/mol. The maximum absolute atomic E-state index is 12.5. The molecule has 1 atom stereocenters. The third-order valence-corrected chi connectivity index (χ3v) is 6.17. The Hall–Kier alpha value is -0.470. The van der Waals surface area contributed by atoms with E-state index in [0.29, 0.717) is 18.7 Å². The Morgan fingerprint density at radius 1 is 1.48 bits per heavy atom. The zero-order valence-corrected chi connectivity index (χ0v) is 14.7. The van der Waals surface area contributed by atoms with Crippen molar-refractivity contribution >= 4 is 26.0 Å². The molecule has 0 aromatic heterocycles. The van der Waals surface area contributed by atoms with Crippen molar-refractivity contribution in [1.82, 2.24) is 4.72 Å².